The van der Waals surface area contributed by atoms with E-state index in [1.807, 2.05) is 0 Å². The Hall–Kier alpha value is -4.00. The van der Waals surface area contributed by atoms with E-state index in [0.717, 1.165) is 37.8 Å². The zero-order valence-corrected chi connectivity index (χ0v) is 29.0. The molecule has 6 rings (SSSR count). The van der Waals surface area contributed by atoms with Crippen LogP contribution in [-0.2, 0) is 20.4 Å². The average molecular weight is 713 g/mol. The molecule has 2 aliphatic heterocycles. The maximum absolute atomic E-state index is 17.8. The molecule has 2 saturated heterocycles. The van der Waals surface area contributed by atoms with Gasteiger partial charge >= 0.3 is 12.1 Å². The van der Waals surface area contributed by atoms with Crippen molar-refractivity contribution < 1.29 is 46.5 Å². The first-order valence-electron chi connectivity index (χ1n) is 17.3. The molecule has 12 heteroatoms. The van der Waals surface area contributed by atoms with E-state index in [1.54, 1.807) is 38.5 Å². The number of methoxy groups -OCH3 is 3. The molecule has 2 heterocycles. The number of halogens is 4. The Balaban J connectivity index is 1.34. The number of rotatable bonds is 10. The van der Waals surface area contributed by atoms with Gasteiger partial charge in [0.25, 0.3) is 5.91 Å². The van der Waals surface area contributed by atoms with Crippen LogP contribution in [0, 0.1) is 5.92 Å². The minimum atomic E-state index is -4.62. The van der Waals surface area contributed by atoms with E-state index in [1.165, 1.54) is 42.3 Å². The van der Waals surface area contributed by atoms with Gasteiger partial charge in [0.2, 0.25) is 5.67 Å². The number of nitrogens with zero attached hydrogens (tertiary/aromatic N) is 2. The predicted octanol–water partition coefficient (Wildman–Crippen LogP) is 7.03. The van der Waals surface area contributed by atoms with Gasteiger partial charge in [-0.25, -0.2) is 9.18 Å². The maximum atomic E-state index is 17.8. The topological polar surface area (TPSA) is 88.5 Å². The minimum absolute atomic E-state index is 0.000759. The van der Waals surface area contributed by atoms with Crippen molar-refractivity contribution in [1.82, 2.24) is 9.80 Å². The number of hydrogen-bond donors (Lipinski definition) is 1. The first-order chi connectivity index (χ1) is 24.4. The van der Waals surface area contributed by atoms with E-state index in [4.69, 9.17) is 14.2 Å². The van der Waals surface area contributed by atoms with E-state index in [9.17, 15) is 27.9 Å². The van der Waals surface area contributed by atoms with Crippen molar-refractivity contribution in [2.45, 2.75) is 61.5 Å². The number of ether oxygens (including phenoxy) is 3. The summed E-state index contributed by atoms with van der Waals surface area (Å²) in [6, 6.07) is 16.4. The quantitative estimate of drug-likeness (QED) is 0.226. The highest BCUT2D eigenvalue weighted by molar-refractivity contribution is 5.89. The Morgan fingerprint density at radius 3 is 2.18 bits per heavy atom. The highest BCUT2D eigenvalue weighted by Gasteiger charge is 2.57. The number of alkyl halides is 4. The monoisotopic (exact) mass is 712 g/mol. The summed E-state index contributed by atoms with van der Waals surface area (Å²) in [4.78, 5) is 29.7. The van der Waals surface area contributed by atoms with Crippen LogP contribution in [0.3, 0.4) is 0 Å². The fourth-order valence-electron chi connectivity index (χ4n) is 8.33. The summed E-state index contributed by atoms with van der Waals surface area (Å²) < 4.78 is 76.1. The van der Waals surface area contributed by atoms with Gasteiger partial charge in [-0.3, -0.25) is 9.69 Å². The lowest BCUT2D eigenvalue weighted by Gasteiger charge is -2.34. The SMILES string of the molecule is COC[C@H]1CN(C(=O)[C@]2(F)CN([C@H]3CC[C@H](OC)CC3)C[C@H]2c2ccc(OC)cc2)C[C@@H]1c1ccc(C(F)(F)F)cc1-c1ccc(C(=O)O)cc1. The standard InChI is InChI=1S/C39H44F4N2O6/c1-49-22-27-19-44(20-34(27)32-17-10-28(39(41,42)43)18-33(32)24-4-6-26(7-5-24)36(46)47)37(48)38(40)23-45(29-11-15-31(51-3)16-12-29)21-35(38)25-8-13-30(50-2)14-9-25/h4-10,13-14,17-18,27,29,31,34-35H,11-12,15-16,19-23H2,1-3H3,(H,46,47)/t27-,29-,31-,34+,35+,38+/m1/s1. The molecule has 3 aromatic rings. The van der Waals surface area contributed by atoms with Crippen molar-refractivity contribution >= 4 is 11.9 Å². The number of carboxylic acids is 1. The Morgan fingerprint density at radius 1 is 0.902 bits per heavy atom. The van der Waals surface area contributed by atoms with E-state index in [0.29, 0.717) is 29.0 Å². The molecule has 51 heavy (non-hydrogen) atoms. The number of hydrogen-bond acceptors (Lipinski definition) is 6. The molecule has 0 unspecified atom stereocenters. The lowest BCUT2D eigenvalue weighted by Crippen LogP contribution is -2.50. The third-order valence-corrected chi connectivity index (χ3v) is 11.1. The number of amides is 1. The molecule has 1 aliphatic carbocycles. The highest BCUT2D eigenvalue weighted by Crippen LogP contribution is 2.47. The zero-order chi connectivity index (χ0) is 36.5. The largest absolute Gasteiger partial charge is 0.497 e. The van der Waals surface area contributed by atoms with Gasteiger partial charge in [-0.05, 0) is 84.3 Å². The molecule has 0 spiro atoms. The predicted molar refractivity (Wildman–Crippen MR) is 183 cm³/mol. The number of benzene rings is 3. The molecule has 3 aliphatic rings. The summed E-state index contributed by atoms with van der Waals surface area (Å²) in [7, 11) is 4.77. The van der Waals surface area contributed by atoms with Crippen LogP contribution in [-0.4, -0.2) is 98.7 Å². The van der Waals surface area contributed by atoms with E-state index < -0.39 is 41.1 Å². The summed E-state index contributed by atoms with van der Waals surface area (Å²) in [5.41, 5.74) is -1.20. The second-order valence-corrected chi connectivity index (χ2v) is 14.0. The third-order valence-electron chi connectivity index (χ3n) is 11.1. The molecule has 3 fully saturated rings. The molecular weight excluding hydrogens is 668 g/mol. The Bertz CT molecular complexity index is 1690. The van der Waals surface area contributed by atoms with E-state index >= 15 is 4.39 Å². The maximum Gasteiger partial charge on any atom is 0.416 e. The van der Waals surface area contributed by atoms with Gasteiger partial charge in [0.1, 0.15) is 5.75 Å². The van der Waals surface area contributed by atoms with Crippen LogP contribution < -0.4 is 4.74 Å². The Morgan fingerprint density at radius 2 is 1.59 bits per heavy atom. The molecule has 1 N–H and O–H groups in total. The number of carbonyl (C=O) groups is 2. The second-order valence-electron chi connectivity index (χ2n) is 14.0. The van der Waals surface area contributed by atoms with Gasteiger partial charge in [0.15, 0.2) is 0 Å². The van der Waals surface area contributed by atoms with Gasteiger partial charge in [0.05, 0.1) is 30.9 Å². The van der Waals surface area contributed by atoms with E-state index in [-0.39, 0.29) is 55.4 Å². The minimum Gasteiger partial charge on any atom is -0.497 e. The summed E-state index contributed by atoms with van der Waals surface area (Å²) in [5.74, 6) is -2.73. The Kier molecular flexibility index (Phi) is 10.8. The summed E-state index contributed by atoms with van der Waals surface area (Å²) in [5, 5.41) is 9.39. The number of carbonyl (C=O) groups excluding carboxylic acids is 1. The molecule has 1 saturated carbocycles. The normalized spacial score (nSPS) is 27.1. The molecular formula is C39H44F4N2O6. The lowest BCUT2D eigenvalue weighted by molar-refractivity contribution is -0.143. The van der Waals surface area contributed by atoms with Crippen molar-refractivity contribution in [3.8, 4) is 16.9 Å². The van der Waals surface area contributed by atoms with Gasteiger partial charge in [-0.1, -0.05) is 30.3 Å². The van der Waals surface area contributed by atoms with Crippen LogP contribution in [0.1, 0.15) is 64.6 Å². The average Bonchev–Trinajstić information content (AvgIpc) is 3.72. The second kappa shape index (κ2) is 14.9. The van der Waals surface area contributed by atoms with Crippen molar-refractivity contribution in [3.63, 3.8) is 0 Å². The van der Waals surface area contributed by atoms with Crippen molar-refractivity contribution in [1.29, 1.82) is 0 Å². The third kappa shape index (κ3) is 7.50. The summed E-state index contributed by atoms with van der Waals surface area (Å²) >= 11 is 0. The van der Waals surface area contributed by atoms with E-state index in [2.05, 4.69) is 4.90 Å². The highest BCUT2D eigenvalue weighted by atomic mass is 19.4. The molecule has 8 nitrogen and oxygen atoms in total. The first kappa shape index (κ1) is 36.8. The van der Waals surface area contributed by atoms with Crippen molar-refractivity contribution in [3.05, 3.63) is 89.0 Å². The van der Waals surface area contributed by atoms with Gasteiger partial charge < -0.3 is 24.2 Å². The van der Waals surface area contributed by atoms with Crippen molar-refractivity contribution in [2.75, 3.05) is 54.1 Å². The van der Waals surface area contributed by atoms with Crippen molar-refractivity contribution in [2.24, 2.45) is 5.92 Å². The van der Waals surface area contributed by atoms with Gasteiger partial charge in [-0.2, -0.15) is 13.2 Å². The number of carboxylic acid groups (broad SMARTS) is 1. The fraction of sp³-hybridized carbons (Fsp3) is 0.487. The number of aromatic carboxylic acids is 1. The first-order valence-corrected chi connectivity index (χ1v) is 17.3. The lowest BCUT2D eigenvalue weighted by atomic mass is 9.83. The van der Waals surface area contributed by atoms with Gasteiger partial charge in [0, 0.05) is 64.2 Å². The number of likely N-dealkylation sites (tertiary alicyclic amines) is 2. The fourth-order valence-corrected chi connectivity index (χ4v) is 8.33. The summed E-state index contributed by atoms with van der Waals surface area (Å²) in [6.45, 7) is 0.741. The van der Waals surface area contributed by atoms with Crippen LogP contribution >= 0.6 is 0 Å². The summed E-state index contributed by atoms with van der Waals surface area (Å²) in [6.07, 6.45) is -1.06. The molecule has 1 amide bonds. The zero-order valence-electron chi connectivity index (χ0n) is 29.0. The van der Waals surface area contributed by atoms with Crippen LogP contribution in [0.5, 0.6) is 5.75 Å². The molecule has 274 valence electrons. The van der Waals surface area contributed by atoms with Crippen LogP contribution in [0.25, 0.3) is 11.1 Å². The van der Waals surface area contributed by atoms with Crippen LogP contribution in [0.4, 0.5) is 17.6 Å². The smallest absolute Gasteiger partial charge is 0.416 e. The van der Waals surface area contributed by atoms with Gasteiger partial charge in [-0.15, -0.1) is 0 Å². The molecule has 0 aromatic heterocycles. The molecule has 4 atom stereocenters. The Labute approximate surface area is 295 Å². The molecule has 0 radical (unpaired) electrons. The molecule has 3 aromatic carbocycles. The van der Waals surface area contributed by atoms with Crippen LogP contribution in [0.15, 0.2) is 66.7 Å². The molecule has 0 bridgehead atoms. The van der Waals surface area contributed by atoms with Crippen LogP contribution in [0.2, 0.25) is 0 Å².